The van der Waals surface area contributed by atoms with Crippen LogP contribution < -0.4 is 10.2 Å². The number of anilines is 2. The molecule has 128 valence electrons. The topological polar surface area (TPSA) is 85.1 Å². The first kappa shape index (κ1) is 16.9. The molecule has 1 aromatic carbocycles. The van der Waals surface area contributed by atoms with Gasteiger partial charge in [0, 0.05) is 31.9 Å². The molecule has 2 heterocycles. The second-order valence-corrected chi connectivity index (χ2v) is 5.82. The molecular weight excluding hydrogens is 316 g/mol. The molecule has 0 bridgehead atoms. The summed E-state index contributed by atoms with van der Waals surface area (Å²) in [6.07, 6.45) is 3.15. The monoisotopic (exact) mass is 336 g/mol. The fraction of sp³-hybridized carbons (Fsp3) is 0.333. The number of piperazine rings is 1. The minimum absolute atomic E-state index is 0.264. The van der Waals surface area contributed by atoms with Gasteiger partial charge in [-0.2, -0.15) is 5.26 Å². The Morgan fingerprint density at radius 3 is 2.44 bits per heavy atom. The van der Waals surface area contributed by atoms with Crippen molar-refractivity contribution in [1.29, 1.82) is 5.26 Å². The van der Waals surface area contributed by atoms with Gasteiger partial charge in [0.25, 0.3) is 5.91 Å². The highest BCUT2D eigenvalue weighted by Gasteiger charge is 2.17. The van der Waals surface area contributed by atoms with Crippen LogP contribution in [0, 0.1) is 11.3 Å². The van der Waals surface area contributed by atoms with Crippen molar-refractivity contribution in [1.82, 2.24) is 14.9 Å². The second-order valence-electron chi connectivity index (χ2n) is 5.82. The lowest BCUT2D eigenvalue weighted by molar-refractivity contribution is 0.102. The number of nitriles is 1. The molecule has 1 aliphatic heterocycles. The average molecular weight is 336 g/mol. The first-order valence-corrected chi connectivity index (χ1v) is 8.30. The van der Waals surface area contributed by atoms with E-state index in [9.17, 15) is 4.79 Å². The van der Waals surface area contributed by atoms with E-state index in [0.717, 1.165) is 38.5 Å². The minimum Gasteiger partial charge on any atom is -0.353 e. The van der Waals surface area contributed by atoms with Crippen LogP contribution in [0.15, 0.2) is 36.7 Å². The Morgan fingerprint density at radius 2 is 1.88 bits per heavy atom. The summed E-state index contributed by atoms with van der Waals surface area (Å²) in [6.45, 7) is 7.08. The zero-order chi connectivity index (χ0) is 17.6. The summed E-state index contributed by atoms with van der Waals surface area (Å²) in [6, 6.07) is 8.72. The minimum atomic E-state index is -0.320. The molecule has 3 rings (SSSR count). The van der Waals surface area contributed by atoms with Crippen LogP contribution in [0.25, 0.3) is 0 Å². The summed E-state index contributed by atoms with van der Waals surface area (Å²) in [5.74, 6) is 0.477. The number of hydrogen-bond acceptors (Lipinski definition) is 6. The van der Waals surface area contributed by atoms with Gasteiger partial charge in [-0.15, -0.1) is 0 Å². The van der Waals surface area contributed by atoms with E-state index >= 15 is 0 Å². The van der Waals surface area contributed by atoms with Crippen molar-refractivity contribution in [2.75, 3.05) is 42.9 Å². The molecule has 25 heavy (non-hydrogen) atoms. The maximum Gasteiger partial charge on any atom is 0.275 e. The highest BCUT2D eigenvalue weighted by Crippen LogP contribution is 2.14. The Morgan fingerprint density at radius 1 is 1.16 bits per heavy atom. The quantitative estimate of drug-likeness (QED) is 0.915. The van der Waals surface area contributed by atoms with E-state index in [4.69, 9.17) is 5.26 Å². The van der Waals surface area contributed by atoms with Crippen LogP contribution >= 0.6 is 0 Å². The third-order valence-corrected chi connectivity index (χ3v) is 4.29. The number of likely N-dealkylation sites (N-methyl/N-ethyl adjacent to an activating group) is 1. The highest BCUT2D eigenvalue weighted by atomic mass is 16.1. The summed E-state index contributed by atoms with van der Waals surface area (Å²) in [5, 5.41) is 11.5. The molecule has 1 saturated heterocycles. The van der Waals surface area contributed by atoms with Crippen LogP contribution in [-0.4, -0.2) is 53.5 Å². The van der Waals surface area contributed by atoms with Crippen molar-refractivity contribution in [3.63, 3.8) is 0 Å². The molecule has 1 aromatic heterocycles. The SMILES string of the molecule is CCN1CCN(c2cnc(C(=O)Nc3ccc(C#N)cc3)cn2)CC1. The Bertz CT molecular complexity index is 758. The summed E-state index contributed by atoms with van der Waals surface area (Å²) < 4.78 is 0. The molecule has 0 aliphatic carbocycles. The number of amides is 1. The van der Waals surface area contributed by atoms with Crippen molar-refractivity contribution >= 4 is 17.4 Å². The van der Waals surface area contributed by atoms with Crippen molar-refractivity contribution in [3.05, 3.63) is 47.9 Å². The summed E-state index contributed by atoms with van der Waals surface area (Å²) in [5.41, 5.74) is 1.43. The zero-order valence-electron chi connectivity index (χ0n) is 14.1. The second kappa shape index (κ2) is 7.73. The van der Waals surface area contributed by atoms with Gasteiger partial charge >= 0.3 is 0 Å². The number of nitrogens with zero attached hydrogens (tertiary/aromatic N) is 5. The first-order valence-electron chi connectivity index (χ1n) is 8.30. The number of nitrogens with one attached hydrogen (secondary N) is 1. The van der Waals surface area contributed by atoms with Crippen molar-refractivity contribution in [2.45, 2.75) is 6.92 Å². The lowest BCUT2D eigenvalue weighted by atomic mass is 10.2. The van der Waals surface area contributed by atoms with Crippen molar-refractivity contribution in [3.8, 4) is 6.07 Å². The third kappa shape index (κ3) is 4.11. The predicted molar refractivity (Wildman–Crippen MR) is 95.5 cm³/mol. The van der Waals surface area contributed by atoms with Gasteiger partial charge in [-0.05, 0) is 30.8 Å². The zero-order valence-corrected chi connectivity index (χ0v) is 14.1. The standard InChI is InChI=1S/C18H20N6O/c1-2-23-7-9-24(10-8-23)17-13-20-16(12-21-17)18(25)22-15-5-3-14(11-19)4-6-15/h3-6,12-13H,2,7-10H2,1H3,(H,22,25). The summed E-state index contributed by atoms with van der Waals surface area (Å²) in [7, 11) is 0. The lowest BCUT2D eigenvalue weighted by Crippen LogP contribution is -2.46. The first-order chi connectivity index (χ1) is 12.2. The van der Waals surface area contributed by atoms with E-state index in [1.165, 1.54) is 6.20 Å². The lowest BCUT2D eigenvalue weighted by Gasteiger charge is -2.34. The van der Waals surface area contributed by atoms with E-state index in [1.807, 2.05) is 6.07 Å². The van der Waals surface area contributed by atoms with Gasteiger partial charge in [0.2, 0.25) is 0 Å². The van der Waals surface area contributed by atoms with Crippen LogP contribution in [0.5, 0.6) is 0 Å². The van der Waals surface area contributed by atoms with E-state index in [2.05, 4.69) is 32.0 Å². The molecule has 0 spiro atoms. The normalized spacial score (nSPS) is 14.8. The Balaban J connectivity index is 1.61. The molecule has 0 atom stereocenters. The van der Waals surface area contributed by atoms with Crippen LogP contribution in [0.4, 0.5) is 11.5 Å². The van der Waals surface area contributed by atoms with Crippen molar-refractivity contribution < 1.29 is 4.79 Å². The Kier molecular flexibility index (Phi) is 5.21. The van der Waals surface area contributed by atoms with Crippen LogP contribution in [0.3, 0.4) is 0 Å². The summed E-state index contributed by atoms with van der Waals surface area (Å²) >= 11 is 0. The number of aromatic nitrogens is 2. The molecular formula is C18H20N6O. The predicted octanol–water partition coefficient (Wildman–Crippen LogP) is 1.74. The molecule has 1 N–H and O–H groups in total. The molecule has 1 fully saturated rings. The van der Waals surface area contributed by atoms with E-state index < -0.39 is 0 Å². The fourth-order valence-electron chi connectivity index (χ4n) is 2.72. The molecule has 0 radical (unpaired) electrons. The Hall–Kier alpha value is -2.98. The largest absolute Gasteiger partial charge is 0.353 e. The maximum absolute atomic E-state index is 12.2. The van der Waals surface area contributed by atoms with Gasteiger partial charge in [-0.25, -0.2) is 9.97 Å². The number of carbonyl (C=O) groups excluding carboxylic acids is 1. The van der Waals surface area contributed by atoms with Gasteiger partial charge in [0.15, 0.2) is 0 Å². The highest BCUT2D eigenvalue weighted by molar-refractivity contribution is 6.02. The van der Waals surface area contributed by atoms with E-state index in [0.29, 0.717) is 11.3 Å². The van der Waals surface area contributed by atoms with E-state index in [1.54, 1.807) is 30.5 Å². The molecule has 7 heteroatoms. The number of hydrogen-bond donors (Lipinski definition) is 1. The van der Waals surface area contributed by atoms with Gasteiger partial charge in [-0.3, -0.25) is 4.79 Å². The van der Waals surface area contributed by atoms with Crippen molar-refractivity contribution in [2.24, 2.45) is 0 Å². The molecule has 1 aliphatic rings. The van der Waals surface area contributed by atoms with Crippen LogP contribution in [-0.2, 0) is 0 Å². The van der Waals surface area contributed by atoms with Gasteiger partial charge < -0.3 is 15.1 Å². The van der Waals surface area contributed by atoms with Gasteiger partial charge in [-0.1, -0.05) is 6.92 Å². The van der Waals surface area contributed by atoms with Crippen LogP contribution in [0.1, 0.15) is 23.0 Å². The molecule has 7 nitrogen and oxygen atoms in total. The number of carbonyl (C=O) groups is 1. The van der Waals surface area contributed by atoms with Gasteiger partial charge in [0.1, 0.15) is 11.5 Å². The van der Waals surface area contributed by atoms with Crippen LogP contribution in [0.2, 0.25) is 0 Å². The molecule has 0 unspecified atom stereocenters. The third-order valence-electron chi connectivity index (χ3n) is 4.29. The number of benzene rings is 1. The summed E-state index contributed by atoms with van der Waals surface area (Å²) in [4.78, 5) is 25.4. The average Bonchev–Trinajstić information content (AvgIpc) is 2.69. The molecule has 0 saturated carbocycles. The molecule has 2 aromatic rings. The Labute approximate surface area is 146 Å². The van der Waals surface area contributed by atoms with E-state index in [-0.39, 0.29) is 11.6 Å². The molecule has 1 amide bonds. The number of rotatable bonds is 4. The smallest absolute Gasteiger partial charge is 0.275 e. The fourth-order valence-corrected chi connectivity index (χ4v) is 2.72. The van der Waals surface area contributed by atoms with Gasteiger partial charge in [0.05, 0.1) is 24.0 Å². The maximum atomic E-state index is 12.2.